The van der Waals surface area contributed by atoms with Crippen LogP contribution in [0.25, 0.3) is 0 Å². The van der Waals surface area contributed by atoms with Crippen LogP contribution >= 0.6 is 0 Å². The molecular formula is C21H33N3O3. The highest BCUT2D eigenvalue weighted by molar-refractivity contribution is 5.81. The molecule has 2 amide bonds. The smallest absolute Gasteiger partial charge is 0.225 e. The Morgan fingerprint density at radius 2 is 1.78 bits per heavy atom. The van der Waals surface area contributed by atoms with Crippen molar-refractivity contribution in [3.05, 3.63) is 35.9 Å². The van der Waals surface area contributed by atoms with E-state index in [2.05, 4.69) is 27.7 Å². The SMILES string of the molecule is CC(C)(C)C(=O)NCCCC(=O)NCC(c1ccccc1)N1CCOCC1. The lowest BCUT2D eigenvalue weighted by atomic mass is 9.96. The van der Waals surface area contributed by atoms with Crippen LogP contribution in [0.15, 0.2) is 30.3 Å². The lowest BCUT2D eigenvalue weighted by Crippen LogP contribution is -2.43. The minimum Gasteiger partial charge on any atom is -0.379 e. The van der Waals surface area contributed by atoms with Gasteiger partial charge in [-0.25, -0.2) is 0 Å². The number of nitrogens with one attached hydrogen (secondary N) is 2. The predicted molar refractivity (Wildman–Crippen MR) is 106 cm³/mol. The van der Waals surface area contributed by atoms with Crippen molar-refractivity contribution in [1.29, 1.82) is 0 Å². The van der Waals surface area contributed by atoms with Crippen LogP contribution in [-0.2, 0) is 14.3 Å². The van der Waals surface area contributed by atoms with E-state index >= 15 is 0 Å². The van der Waals surface area contributed by atoms with E-state index in [-0.39, 0.29) is 17.9 Å². The molecule has 1 aliphatic rings. The van der Waals surface area contributed by atoms with Gasteiger partial charge in [0.2, 0.25) is 11.8 Å². The molecule has 1 fully saturated rings. The number of carbonyl (C=O) groups is 2. The van der Waals surface area contributed by atoms with E-state index in [1.54, 1.807) is 0 Å². The van der Waals surface area contributed by atoms with Gasteiger partial charge in [-0.05, 0) is 12.0 Å². The molecule has 6 nitrogen and oxygen atoms in total. The molecule has 0 bridgehead atoms. The summed E-state index contributed by atoms with van der Waals surface area (Å²) in [6.45, 7) is 9.93. The minimum absolute atomic E-state index is 0.0133. The molecule has 0 saturated carbocycles. The average molecular weight is 376 g/mol. The topological polar surface area (TPSA) is 70.7 Å². The van der Waals surface area contributed by atoms with Crippen LogP contribution in [0.5, 0.6) is 0 Å². The van der Waals surface area contributed by atoms with Crippen LogP contribution in [0, 0.1) is 5.41 Å². The van der Waals surface area contributed by atoms with Crippen molar-refractivity contribution in [3.8, 4) is 0 Å². The highest BCUT2D eigenvalue weighted by Gasteiger charge is 2.23. The second kappa shape index (κ2) is 10.4. The fourth-order valence-corrected chi connectivity index (χ4v) is 3.04. The average Bonchev–Trinajstić information content (AvgIpc) is 2.66. The van der Waals surface area contributed by atoms with Gasteiger partial charge in [-0.3, -0.25) is 14.5 Å². The van der Waals surface area contributed by atoms with E-state index < -0.39 is 5.41 Å². The van der Waals surface area contributed by atoms with Crippen LogP contribution in [0.4, 0.5) is 0 Å². The largest absolute Gasteiger partial charge is 0.379 e. The Hall–Kier alpha value is -1.92. The third-order valence-electron chi connectivity index (χ3n) is 4.71. The van der Waals surface area contributed by atoms with E-state index in [4.69, 9.17) is 4.74 Å². The van der Waals surface area contributed by atoms with Gasteiger partial charge < -0.3 is 15.4 Å². The molecule has 150 valence electrons. The molecule has 1 saturated heterocycles. The fourth-order valence-electron chi connectivity index (χ4n) is 3.04. The quantitative estimate of drug-likeness (QED) is 0.683. The van der Waals surface area contributed by atoms with Crippen LogP contribution in [0.1, 0.15) is 45.2 Å². The summed E-state index contributed by atoms with van der Waals surface area (Å²) in [4.78, 5) is 26.4. The number of nitrogens with zero attached hydrogens (tertiary/aromatic N) is 1. The maximum Gasteiger partial charge on any atom is 0.225 e. The molecule has 1 heterocycles. The van der Waals surface area contributed by atoms with Gasteiger partial charge in [0.25, 0.3) is 0 Å². The van der Waals surface area contributed by atoms with E-state index in [9.17, 15) is 9.59 Å². The molecule has 2 N–H and O–H groups in total. The standard InChI is InChI=1S/C21H33N3O3/c1-21(2,3)20(26)22-11-7-10-19(25)23-16-18(17-8-5-4-6-9-17)24-12-14-27-15-13-24/h4-6,8-9,18H,7,10-16H2,1-3H3,(H,22,26)(H,23,25). The second-order valence-electron chi connectivity index (χ2n) is 7.99. The number of amides is 2. The first-order valence-electron chi connectivity index (χ1n) is 9.79. The number of morpholine rings is 1. The van der Waals surface area contributed by atoms with E-state index in [1.807, 2.05) is 39.0 Å². The maximum atomic E-state index is 12.2. The first-order chi connectivity index (χ1) is 12.9. The monoisotopic (exact) mass is 375 g/mol. The Bertz CT molecular complexity index is 592. The normalized spacial score (nSPS) is 16.6. The molecule has 0 aliphatic carbocycles. The summed E-state index contributed by atoms with van der Waals surface area (Å²) in [7, 11) is 0. The molecule has 0 radical (unpaired) electrons. The number of benzene rings is 1. The number of hydrogen-bond acceptors (Lipinski definition) is 4. The van der Waals surface area contributed by atoms with Gasteiger partial charge in [-0.15, -0.1) is 0 Å². The van der Waals surface area contributed by atoms with Crippen LogP contribution < -0.4 is 10.6 Å². The summed E-state index contributed by atoms with van der Waals surface area (Å²) in [5.74, 6) is 0.0357. The Kier molecular flexibility index (Phi) is 8.25. The molecule has 1 aliphatic heterocycles. The molecule has 27 heavy (non-hydrogen) atoms. The summed E-state index contributed by atoms with van der Waals surface area (Å²) >= 11 is 0. The van der Waals surface area contributed by atoms with Gasteiger partial charge in [0, 0.05) is 38.0 Å². The summed E-state index contributed by atoms with van der Waals surface area (Å²) in [6.07, 6.45) is 1.05. The van der Waals surface area contributed by atoms with Gasteiger partial charge >= 0.3 is 0 Å². The van der Waals surface area contributed by atoms with Gasteiger partial charge in [0.1, 0.15) is 0 Å². The lowest BCUT2D eigenvalue weighted by Gasteiger charge is -2.35. The van der Waals surface area contributed by atoms with Crippen molar-refractivity contribution in [3.63, 3.8) is 0 Å². The molecule has 1 aromatic rings. The first-order valence-corrected chi connectivity index (χ1v) is 9.79. The molecule has 0 aromatic heterocycles. The molecule has 1 aromatic carbocycles. The molecule has 1 atom stereocenters. The predicted octanol–water partition coefficient (Wildman–Crippen LogP) is 2.12. The summed E-state index contributed by atoms with van der Waals surface area (Å²) < 4.78 is 5.46. The highest BCUT2D eigenvalue weighted by Crippen LogP contribution is 2.21. The highest BCUT2D eigenvalue weighted by atomic mass is 16.5. The molecule has 0 spiro atoms. The second-order valence-corrected chi connectivity index (χ2v) is 7.99. The molecule has 6 heteroatoms. The van der Waals surface area contributed by atoms with Gasteiger partial charge in [-0.1, -0.05) is 51.1 Å². The number of hydrogen-bond donors (Lipinski definition) is 2. The Morgan fingerprint density at radius 1 is 1.11 bits per heavy atom. The number of rotatable bonds is 8. The van der Waals surface area contributed by atoms with Crippen molar-refractivity contribution >= 4 is 11.8 Å². The Balaban J connectivity index is 1.78. The van der Waals surface area contributed by atoms with Crippen molar-refractivity contribution in [1.82, 2.24) is 15.5 Å². The third-order valence-corrected chi connectivity index (χ3v) is 4.71. The van der Waals surface area contributed by atoms with Crippen LogP contribution in [0.2, 0.25) is 0 Å². The Labute approximate surface area is 162 Å². The first kappa shape index (κ1) is 21.4. The van der Waals surface area contributed by atoms with Crippen molar-refractivity contribution in [2.24, 2.45) is 5.41 Å². The number of ether oxygens (including phenoxy) is 1. The maximum absolute atomic E-state index is 12.2. The molecule has 2 rings (SSSR count). The molecule has 1 unspecified atom stereocenters. The summed E-state index contributed by atoms with van der Waals surface area (Å²) in [5.41, 5.74) is 0.806. The summed E-state index contributed by atoms with van der Waals surface area (Å²) in [6, 6.07) is 10.4. The zero-order chi connectivity index (χ0) is 19.7. The van der Waals surface area contributed by atoms with E-state index in [0.29, 0.717) is 25.9 Å². The van der Waals surface area contributed by atoms with Gasteiger partial charge in [0.05, 0.1) is 19.3 Å². The van der Waals surface area contributed by atoms with Crippen molar-refractivity contribution in [2.75, 3.05) is 39.4 Å². The lowest BCUT2D eigenvalue weighted by molar-refractivity contribution is -0.128. The van der Waals surface area contributed by atoms with Crippen LogP contribution in [-0.4, -0.2) is 56.1 Å². The molecular weight excluding hydrogens is 342 g/mol. The van der Waals surface area contributed by atoms with Crippen LogP contribution in [0.3, 0.4) is 0 Å². The summed E-state index contributed by atoms with van der Waals surface area (Å²) in [5, 5.41) is 5.94. The minimum atomic E-state index is -0.399. The van der Waals surface area contributed by atoms with Crippen molar-refractivity contribution < 1.29 is 14.3 Å². The van der Waals surface area contributed by atoms with Gasteiger partial charge in [0.15, 0.2) is 0 Å². The zero-order valence-corrected chi connectivity index (χ0v) is 16.8. The number of carbonyl (C=O) groups excluding carboxylic acids is 2. The van der Waals surface area contributed by atoms with Gasteiger partial charge in [-0.2, -0.15) is 0 Å². The zero-order valence-electron chi connectivity index (χ0n) is 16.8. The van der Waals surface area contributed by atoms with E-state index in [0.717, 1.165) is 26.3 Å². The fraction of sp³-hybridized carbons (Fsp3) is 0.619. The van der Waals surface area contributed by atoms with E-state index in [1.165, 1.54) is 5.56 Å². The third kappa shape index (κ3) is 7.31. The Morgan fingerprint density at radius 3 is 2.41 bits per heavy atom. The van der Waals surface area contributed by atoms with Crippen molar-refractivity contribution in [2.45, 2.75) is 39.7 Å².